The van der Waals surface area contributed by atoms with E-state index in [1.165, 1.54) is 12.1 Å². The molecule has 122 valence electrons. The van der Waals surface area contributed by atoms with Crippen LogP contribution < -0.4 is 5.32 Å². The molecule has 1 aliphatic carbocycles. The van der Waals surface area contributed by atoms with Crippen molar-refractivity contribution in [2.45, 2.75) is 44.4 Å². The van der Waals surface area contributed by atoms with Crippen molar-refractivity contribution in [1.82, 2.24) is 10.2 Å². The molecule has 1 aliphatic rings. The largest absolute Gasteiger partial charge is 0.416 e. The minimum atomic E-state index is -4.37. The van der Waals surface area contributed by atoms with Gasteiger partial charge in [-0.25, -0.2) is 0 Å². The first-order valence-electron chi connectivity index (χ1n) is 7.49. The molecular formula is C16H21F3N2O. The smallest absolute Gasteiger partial charge is 0.352 e. The first-order chi connectivity index (χ1) is 10.4. The first kappa shape index (κ1) is 16.8. The van der Waals surface area contributed by atoms with Gasteiger partial charge in [-0.15, -0.1) is 0 Å². The van der Waals surface area contributed by atoms with Crippen molar-refractivity contribution in [2.75, 3.05) is 13.6 Å². The summed E-state index contributed by atoms with van der Waals surface area (Å²) in [6.45, 7) is 0.191. The number of hydrogen-bond acceptors (Lipinski definition) is 2. The number of benzene rings is 1. The van der Waals surface area contributed by atoms with Gasteiger partial charge in [0.05, 0.1) is 12.1 Å². The number of alkyl halides is 3. The lowest BCUT2D eigenvalue weighted by Crippen LogP contribution is -2.39. The van der Waals surface area contributed by atoms with Crippen LogP contribution in [0.4, 0.5) is 13.2 Å². The van der Waals surface area contributed by atoms with Gasteiger partial charge in [-0.1, -0.05) is 31.0 Å². The molecule has 0 aliphatic heterocycles. The molecule has 3 nitrogen and oxygen atoms in total. The minimum Gasteiger partial charge on any atom is -0.352 e. The van der Waals surface area contributed by atoms with Crippen LogP contribution in [0, 0.1) is 0 Å². The monoisotopic (exact) mass is 314 g/mol. The minimum absolute atomic E-state index is 0.0910. The number of halogens is 3. The Hall–Kier alpha value is -1.56. The predicted molar refractivity (Wildman–Crippen MR) is 78.2 cm³/mol. The van der Waals surface area contributed by atoms with Crippen LogP contribution in [0.15, 0.2) is 24.3 Å². The van der Waals surface area contributed by atoms with Crippen LogP contribution in [0.2, 0.25) is 0 Å². The highest BCUT2D eigenvalue weighted by Crippen LogP contribution is 2.32. The summed E-state index contributed by atoms with van der Waals surface area (Å²) in [4.78, 5) is 13.5. The topological polar surface area (TPSA) is 32.3 Å². The second-order valence-corrected chi connectivity index (χ2v) is 5.88. The van der Waals surface area contributed by atoms with E-state index in [2.05, 4.69) is 5.32 Å². The van der Waals surface area contributed by atoms with E-state index >= 15 is 0 Å². The zero-order valence-electron chi connectivity index (χ0n) is 12.6. The average molecular weight is 314 g/mol. The molecule has 2 rings (SSSR count). The van der Waals surface area contributed by atoms with Gasteiger partial charge in [0.25, 0.3) is 0 Å². The molecule has 1 saturated carbocycles. The second-order valence-electron chi connectivity index (χ2n) is 5.88. The lowest BCUT2D eigenvalue weighted by molar-refractivity contribution is -0.138. The zero-order valence-corrected chi connectivity index (χ0v) is 12.6. The van der Waals surface area contributed by atoms with Crippen LogP contribution in [0.3, 0.4) is 0 Å². The molecule has 0 aromatic heterocycles. The highest BCUT2D eigenvalue weighted by atomic mass is 19.4. The molecule has 1 aromatic rings. The molecular weight excluding hydrogens is 293 g/mol. The van der Waals surface area contributed by atoms with Crippen molar-refractivity contribution in [3.05, 3.63) is 35.4 Å². The Balaban J connectivity index is 1.91. The molecule has 0 bridgehead atoms. The summed E-state index contributed by atoms with van der Waals surface area (Å²) in [5, 5.41) is 2.94. The van der Waals surface area contributed by atoms with Crippen molar-refractivity contribution in [3.63, 3.8) is 0 Å². The SMILES string of the molecule is CN(CC(=O)NC1CCCC1)Cc1ccccc1C(F)(F)F. The number of hydrogen-bond donors (Lipinski definition) is 1. The average Bonchev–Trinajstić information content (AvgIpc) is 2.90. The van der Waals surface area contributed by atoms with E-state index in [9.17, 15) is 18.0 Å². The summed E-state index contributed by atoms with van der Waals surface area (Å²) in [5.41, 5.74) is -0.454. The van der Waals surface area contributed by atoms with Crippen molar-refractivity contribution >= 4 is 5.91 Å². The molecule has 1 aromatic carbocycles. The van der Waals surface area contributed by atoms with Gasteiger partial charge in [-0.05, 0) is 31.5 Å². The van der Waals surface area contributed by atoms with Crippen LogP contribution in [0.1, 0.15) is 36.8 Å². The van der Waals surface area contributed by atoms with E-state index < -0.39 is 11.7 Å². The molecule has 0 saturated heterocycles. The maximum Gasteiger partial charge on any atom is 0.416 e. The third-order valence-electron chi connectivity index (χ3n) is 3.90. The second kappa shape index (κ2) is 7.13. The number of nitrogens with one attached hydrogen (secondary N) is 1. The van der Waals surface area contributed by atoms with Crippen LogP contribution in [0.25, 0.3) is 0 Å². The summed E-state index contributed by atoms with van der Waals surface area (Å²) in [7, 11) is 1.65. The number of amides is 1. The van der Waals surface area contributed by atoms with Crippen LogP contribution in [-0.2, 0) is 17.5 Å². The fourth-order valence-electron chi connectivity index (χ4n) is 2.87. The third kappa shape index (κ3) is 4.73. The highest BCUT2D eigenvalue weighted by molar-refractivity contribution is 5.78. The molecule has 6 heteroatoms. The first-order valence-corrected chi connectivity index (χ1v) is 7.49. The lowest BCUT2D eigenvalue weighted by atomic mass is 10.1. The fraction of sp³-hybridized carbons (Fsp3) is 0.562. The maximum atomic E-state index is 12.9. The Kier molecular flexibility index (Phi) is 5.45. The van der Waals surface area contributed by atoms with Crippen molar-refractivity contribution in [1.29, 1.82) is 0 Å². The molecule has 0 unspecified atom stereocenters. The molecule has 22 heavy (non-hydrogen) atoms. The van der Waals surface area contributed by atoms with Gasteiger partial charge < -0.3 is 5.32 Å². The van der Waals surface area contributed by atoms with Crippen molar-refractivity contribution in [2.24, 2.45) is 0 Å². The van der Waals surface area contributed by atoms with Gasteiger partial charge in [-0.2, -0.15) is 13.2 Å². The zero-order chi connectivity index (χ0) is 16.2. The Morgan fingerprint density at radius 3 is 2.55 bits per heavy atom. The molecule has 0 spiro atoms. The number of carbonyl (C=O) groups excluding carboxylic acids is 1. The normalized spacial score (nSPS) is 16.2. The molecule has 1 fully saturated rings. The lowest BCUT2D eigenvalue weighted by Gasteiger charge is -2.20. The van der Waals surface area contributed by atoms with E-state index in [4.69, 9.17) is 0 Å². The van der Waals surface area contributed by atoms with Gasteiger partial charge in [-0.3, -0.25) is 9.69 Å². The number of likely N-dealkylation sites (N-methyl/N-ethyl adjacent to an activating group) is 1. The van der Waals surface area contributed by atoms with Crippen LogP contribution in [-0.4, -0.2) is 30.4 Å². The third-order valence-corrected chi connectivity index (χ3v) is 3.90. The number of carbonyl (C=O) groups is 1. The molecule has 0 radical (unpaired) electrons. The van der Waals surface area contributed by atoms with Gasteiger partial charge in [0, 0.05) is 12.6 Å². The standard InChI is InChI=1S/C16H21F3N2O/c1-21(11-15(22)20-13-7-3-4-8-13)10-12-6-2-5-9-14(12)16(17,18)19/h2,5-6,9,13H,3-4,7-8,10-11H2,1H3,(H,20,22). The highest BCUT2D eigenvalue weighted by Gasteiger charge is 2.33. The Morgan fingerprint density at radius 2 is 1.91 bits per heavy atom. The predicted octanol–water partition coefficient (Wildman–Crippen LogP) is 3.20. The Bertz CT molecular complexity index is 510. The fourth-order valence-corrected chi connectivity index (χ4v) is 2.87. The summed E-state index contributed by atoms with van der Waals surface area (Å²) < 4.78 is 38.8. The summed E-state index contributed by atoms with van der Waals surface area (Å²) in [6, 6.07) is 5.70. The molecule has 1 N–H and O–H groups in total. The van der Waals surface area contributed by atoms with E-state index in [1.54, 1.807) is 18.0 Å². The molecule has 1 amide bonds. The van der Waals surface area contributed by atoms with Crippen LogP contribution >= 0.6 is 0 Å². The van der Waals surface area contributed by atoms with Gasteiger partial charge in [0.15, 0.2) is 0 Å². The molecule has 0 atom stereocenters. The Labute approximate surface area is 128 Å². The van der Waals surface area contributed by atoms with E-state index in [0.29, 0.717) is 0 Å². The van der Waals surface area contributed by atoms with E-state index in [-0.39, 0.29) is 30.6 Å². The van der Waals surface area contributed by atoms with Gasteiger partial charge in [0.2, 0.25) is 5.91 Å². The summed E-state index contributed by atoms with van der Waals surface area (Å²) in [6.07, 6.45) is -0.137. The summed E-state index contributed by atoms with van der Waals surface area (Å²) >= 11 is 0. The Morgan fingerprint density at radius 1 is 1.27 bits per heavy atom. The number of rotatable bonds is 5. The quantitative estimate of drug-likeness (QED) is 0.905. The van der Waals surface area contributed by atoms with Crippen molar-refractivity contribution < 1.29 is 18.0 Å². The summed E-state index contributed by atoms with van der Waals surface area (Å²) in [5.74, 6) is -0.126. The number of nitrogens with zero attached hydrogens (tertiary/aromatic N) is 1. The molecule has 0 heterocycles. The maximum absolute atomic E-state index is 12.9. The van der Waals surface area contributed by atoms with E-state index in [1.807, 2.05) is 0 Å². The van der Waals surface area contributed by atoms with Gasteiger partial charge in [0.1, 0.15) is 0 Å². The van der Waals surface area contributed by atoms with Crippen molar-refractivity contribution in [3.8, 4) is 0 Å². The van der Waals surface area contributed by atoms with Gasteiger partial charge >= 0.3 is 6.18 Å². The van der Waals surface area contributed by atoms with Crippen LogP contribution in [0.5, 0.6) is 0 Å². The van der Waals surface area contributed by atoms with E-state index in [0.717, 1.165) is 31.7 Å².